The van der Waals surface area contributed by atoms with Gasteiger partial charge in [-0.3, -0.25) is 19.4 Å². The largest absolute Gasteiger partial charge is 0.333 e. The predicted molar refractivity (Wildman–Crippen MR) is 108 cm³/mol. The second-order valence-corrected chi connectivity index (χ2v) is 7.32. The van der Waals surface area contributed by atoms with E-state index in [4.69, 9.17) is 0 Å². The Bertz CT molecular complexity index is 938. The maximum Gasteiger partial charge on any atom is 0.274 e. The molecule has 2 aromatic heterocycles. The fraction of sp³-hybridized carbons (Fsp3) is 0.318. The molecule has 6 nitrogen and oxygen atoms in total. The first-order valence-electron chi connectivity index (χ1n) is 9.62. The normalized spacial score (nSPS) is 15.1. The van der Waals surface area contributed by atoms with Crippen molar-refractivity contribution in [1.29, 1.82) is 0 Å². The molecule has 4 rings (SSSR count). The van der Waals surface area contributed by atoms with Crippen LogP contribution in [0.5, 0.6) is 0 Å². The van der Waals surface area contributed by atoms with E-state index < -0.39 is 0 Å². The van der Waals surface area contributed by atoms with Crippen molar-refractivity contribution in [2.75, 3.05) is 13.6 Å². The Morgan fingerprint density at radius 3 is 2.75 bits per heavy atom. The molecule has 1 aliphatic rings. The first-order valence-corrected chi connectivity index (χ1v) is 9.62. The minimum atomic E-state index is -0.0622. The Balaban J connectivity index is 1.45. The van der Waals surface area contributed by atoms with Crippen LogP contribution in [0.25, 0.3) is 0 Å². The molecule has 0 fully saturated rings. The van der Waals surface area contributed by atoms with Crippen molar-refractivity contribution in [3.8, 4) is 0 Å². The average molecular weight is 375 g/mol. The minimum absolute atomic E-state index is 0.0606. The monoisotopic (exact) mass is 375 g/mol. The Labute approximate surface area is 165 Å². The number of rotatable bonds is 5. The van der Waals surface area contributed by atoms with Crippen molar-refractivity contribution in [3.63, 3.8) is 0 Å². The van der Waals surface area contributed by atoms with E-state index in [-0.39, 0.29) is 11.9 Å². The summed E-state index contributed by atoms with van der Waals surface area (Å²) in [5.74, 6) is -0.0622. The number of fused-ring (bicyclic) bond motifs is 1. The van der Waals surface area contributed by atoms with E-state index in [1.807, 2.05) is 42.9 Å². The van der Waals surface area contributed by atoms with Gasteiger partial charge in [0, 0.05) is 39.1 Å². The predicted octanol–water partition coefficient (Wildman–Crippen LogP) is 3.13. The van der Waals surface area contributed by atoms with Gasteiger partial charge < -0.3 is 4.90 Å². The summed E-state index contributed by atoms with van der Waals surface area (Å²) in [4.78, 5) is 21.2. The third-order valence-corrected chi connectivity index (χ3v) is 5.41. The summed E-state index contributed by atoms with van der Waals surface area (Å²) in [6.45, 7) is 5.45. The molecule has 0 bridgehead atoms. The zero-order valence-corrected chi connectivity index (χ0v) is 16.3. The van der Waals surface area contributed by atoms with Crippen molar-refractivity contribution in [3.05, 3.63) is 83.4 Å². The first-order chi connectivity index (χ1) is 13.6. The van der Waals surface area contributed by atoms with Gasteiger partial charge in [-0.15, -0.1) is 0 Å². The van der Waals surface area contributed by atoms with Gasteiger partial charge >= 0.3 is 0 Å². The summed E-state index contributed by atoms with van der Waals surface area (Å²) in [5.41, 5.74) is 3.91. The summed E-state index contributed by atoms with van der Waals surface area (Å²) in [6, 6.07) is 16.2. The number of carbonyl (C=O) groups is 1. The average Bonchev–Trinajstić information content (AvgIpc) is 3.17. The smallest absolute Gasteiger partial charge is 0.274 e. The summed E-state index contributed by atoms with van der Waals surface area (Å²) in [5, 5.41) is 4.57. The van der Waals surface area contributed by atoms with Crippen LogP contribution in [-0.4, -0.2) is 44.1 Å². The van der Waals surface area contributed by atoms with Gasteiger partial charge in [0.05, 0.1) is 18.3 Å². The van der Waals surface area contributed by atoms with E-state index in [2.05, 4.69) is 39.2 Å². The number of hydrogen-bond acceptors (Lipinski definition) is 4. The molecule has 0 aliphatic carbocycles. The van der Waals surface area contributed by atoms with E-state index in [0.717, 1.165) is 37.4 Å². The van der Waals surface area contributed by atoms with E-state index in [0.29, 0.717) is 5.69 Å². The molecule has 1 amide bonds. The van der Waals surface area contributed by atoms with Gasteiger partial charge in [-0.2, -0.15) is 5.10 Å². The fourth-order valence-electron chi connectivity index (χ4n) is 3.60. The van der Waals surface area contributed by atoms with E-state index in [1.165, 1.54) is 5.56 Å². The molecular formula is C22H25N5O. The lowest BCUT2D eigenvalue weighted by Crippen LogP contribution is -2.33. The molecular weight excluding hydrogens is 350 g/mol. The standard InChI is InChI=1S/C22H25N5O/c1-17(19-9-6-10-23-14-19)25(2)22(28)21-13-20-16-26(11-12-27(20)24-21)15-18-7-4-3-5-8-18/h3-10,13-14,17H,11-12,15-16H2,1-2H3/t17-/m1/s1. The SMILES string of the molecule is C[C@H](c1cccnc1)N(C)C(=O)c1cc2n(n1)CCN(Cc1ccccc1)C2. The minimum Gasteiger partial charge on any atom is -0.333 e. The Morgan fingerprint density at radius 1 is 1.18 bits per heavy atom. The van der Waals surface area contributed by atoms with Crippen molar-refractivity contribution in [1.82, 2.24) is 24.6 Å². The lowest BCUT2D eigenvalue weighted by Gasteiger charge is -2.27. The highest BCUT2D eigenvalue weighted by Gasteiger charge is 2.25. The molecule has 1 atom stereocenters. The molecule has 6 heteroatoms. The highest BCUT2D eigenvalue weighted by Crippen LogP contribution is 2.21. The number of amides is 1. The lowest BCUT2D eigenvalue weighted by atomic mass is 10.1. The second kappa shape index (κ2) is 7.94. The summed E-state index contributed by atoms with van der Waals surface area (Å²) >= 11 is 0. The molecule has 3 heterocycles. The maximum absolute atomic E-state index is 13.0. The molecule has 0 unspecified atom stereocenters. The van der Waals surface area contributed by atoms with Crippen LogP contribution in [0, 0.1) is 0 Å². The van der Waals surface area contributed by atoms with Crippen LogP contribution in [0.4, 0.5) is 0 Å². The quantitative estimate of drug-likeness (QED) is 0.688. The Hall–Kier alpha value is -2.99. The Kier molecular flexibility index (Phi) is 5.21. The number of pyridine rings is 1. The molecule has 0 N–H and O–H groups in total. The zero-order chi connectivity index (χ0) is 19.5. The molecule has 28 heavy (non-hydrogen) atoms. The Morgan fingerprint density at radius 2 is 2.00 bits per heavy atom. The lowest BCUT2D eigenvalue weighted by molar-refractivity contribution is 0.0735. The number of carbonyl (C=O) groups excluding carboxylic acids is 1. The number of benzene rings is 1. The van der Waals surface area contributed by atoms with Crippen LogP contribution in [0.15, 0.2) is 60.9 Å². The molecule has 0 spiro atoms. The van der Waals surface area contributed by atoms with Crippen LogP contribution < -0.4 is 0 Å². The summed E-state index contributed by atoms with van der Waals surface area (Å²) in [6.07, 6.45) is 3.54. The topological polar surface area (TPSA) is 54.3 Å². The van der Waals surface area contributed by atoms with Crippen molar-refractivity contribution >= 4 is 5.91 Å². The molecule has 0 saturated carbocycles. The van der Waals surface area contributed by atoms with Gasteiger partial charge in [0.1, 0.15) is 0 Å². The number of aromatic nitrogens is 3. The van der Waals surface area contributed by atoms with Crippen LogP contribution in [0.1, 0.15) is 40.3 Å². The molecule has 1 aromatic carbocycles. The van der Waals surface area contributed by atoms with Gasteiger partial charge in [-0.05, 0) is 30.2 Å². The van der Waals surface area contributed by atoms with Crippen molar-refractivity contribution in [2.45, 2.75) is 32.6 Å². The molecule has 3 aromatic rings. The van der Waals surface area contributed by atoms with Crippen molar-refractivity contribution in [2.24, 2.45) is 0 Å². The van der Waals surface area contributed by atoms with E-state index in [9.17, 15) is 4.79 Å². The second-order valence-electron chi connectivity index (χ2n) is 7.32. The fourth-order valence-corrected chi connectivity index (χ4v) is 3.60. The van der Waals surface area contributed by atoms with Crippen LogP contribution in [0.3, 0.4) is 0 Å². The van der Waals surface area contributed by atoms with Crippen molar-refractivity contribution < 1.29 is 4.79 Å². The molecule has 144 valence electrons. The van der Waals surface area contributed by atoms with Gasteiger partial charge in [0.2, 0.25) is 0 Å². The highest BCUT2D eigenvalue weighted by atomic mass is 16.2. The maximum atomic E-state index is 13.0. The third kappa shape index (κ3) is 3.82. The molecule has 0 saturated heterocycles. The summed E-state index contributed by atoms with van der Waals surface area (Å²) in [7, 11) is 1.82. The summed E-state index contributed by atoms with van der Waals surface area (Å²) < 4.78 is 1.97. The number of nitrogens with zero attached hydrogens (tertiary/aromatic N) is 5. The van der Waals surface area contributed by atoms with E-state index in [1.54, 1.807) is 17.3 Å². The van der Waals surface area contributed by atoms with E-state index >= 15 is 0 Å². The van der Waals surface area contributed by atoms with Gasteiger partial charge in [0.15, 0.2) is 5.69 Å². The van der Waals surface area contributed by atoms with Gasteiger partial charge in [0.25, 0.3) is 5.91 Å². The third-order valence-electron chi connectivity index (χ3n) is 5.41. The molecule has 0 radical (unpaired) electrons. The van der Waals surface area contributed by atoms with Crippen LogP contribution in [-0.2, 0) is 19.6 Å². The van der Waals surface area contributed by atoms with Crippen LogP contribution in [0.2, 0.25) is 0 Å². The van der Waals surface area contributed by atoms with Crippen LogP contribution >= 0.6 is 0 Å². The van der Waals surface area contributed by atoms with Gasteiger partial charge in [-0.1, -0.05) is 36.4 Å². The van der Waals surface area contributed by atoms with Gasteiger partial charge in [-0.25, -0.2) is 0 Å². The zero-order valence-electron chi connectivity index (χ0n) is 16.3. The molecule has 1 aliphatic heterocycles. The number of hydrogen-bond donors (Lipinski definition) is 0. The highest BCUT2D eigenvalue weighted by molar-refractivity contribution is 5.92. The first kappa shape index (κ1) is 18.4.